The Morgan fingerprint density at radius 1 is 1.54 bits per heavy atom. The van der Waals surface area contributed by atoms with E-state index >= 15 is 0 Å². The van der Waals surface area contributed by atoms with E-state index < -0.39 is 5.97 Å². The van der Waals surface area contributed by atoms with Gasteiger partial charge in [0.15, 0.2) is 0 Å². The average Bonchev–Trinajstić information content (AvgIpc) is 2.51. The minimum atomic E-state index is -0.941. The van der Waals surface area contributed by atoms with Crippen LogP contribution < -0.4 is 0 Å². The molecule has 0 bridgehead atoms. The van der Waals surface area contributed by atoms with Crippen molar-refractivity contribution in [3.8, 4) is 0 Å². The van der Waals surface area contributed by atoms with Crippen LogP contribution in [0.1, 0.15) is 10.4 Å². The summed E-state index contributed by atoms with van der Waals surface area (Å²) >= 11 is 3.26. The monoisotopic (exact) mass is 240 g/mol. The average molecular weight is 241 g/mol. The first-order chi connectivity index (χ1) is 6.18. The second-order valence-electron chi connectivity index (χ2n) is 2.60. The van der Waals surface area contributed by atoms with Crippen molar-refractivity contribution in [1.29, 1.82) is 0 Å². The molecule has 0 unspecified atom stereocenters. The molecule has 0 aliphatic carbocycles. The highest BCUT2D eigenvalue weighted by Gasteiger charge is 2.08. The first-order valence-corrected chi connectivity index (χ1v) is 4.33. The van der Waals surface area contributed by atoms with Crippen LogP contribution in [0.25, 0.3) is 10.9 Å². The van der Waals surface area contributed by atoms with Crippen molar-refractivity contribution < 1.29 is 9.90 Å². The van der Waals surface area contributed by atoms with Gasteiger partial charge in [-0.1, -0.05) is 0 Å². The van der Waals surface area contributed by atoms with Gasteiger partial charge in [-0.25, -0.2) is 4.79 Å². The predicted octanol–water partition coefficient (Wildman–Crippen LogP) is 2.02. The van der Waals surface area contributed by atoms with Gasteiger partial charge in [-0.15, -0.1) is 0 Å². The maximum Gasteiger partial charge on any atom is 0.335 e. The lowest BCUT2D eigenvalue weighted by atomic mass is 10.2. The van der Waals surface area contributed by atoms with E-state index in [4.69, 9.17) is 5.11 Å². The Bertz CT molecular complexity index is 478. The summed E-state index contributed by atoms with van der Waals surface area (Å²) in [4.78, 5) is 10.7. The molecule has 0 radical (unpaired) electrons. The number of aromatic nitrogens is 2. The SMILES string of the molecule is O=C(O)c1cc(Br)c2[nH]ncc2c1. The fourth-order valence-electron chi connectivity index (χ4n) is 1.14. The normalized spacial score (nSPS) is 10.5. The molecule has 1 heterocycles. The van der Waals surface area contributed by atoms with Gasteiger partial charge in [0.2, 0.25) is 0 Å². The van der Waals surface area contributed by atoms with Gasteiger partial charge >= 0.3 is 5.97 Å². The zero-order valence-corrected chi connectivity index (χ0v) is 8.00. The van der Waals surface area contributed by atoms with Gasteiger partial charge in [-0.3, -0.25) is 5.10 Å². The Morgan fingerprint density at radius 2 is 2.31 bits per heavy atom. The van der Waals surface area contributed by atoms with Crippen molar-refractivity contribution in [3.63, 3.8) is 0 Å². The zero-order valence-electron chi connectivity index (χ0n) is 6.41. The van der Waals surface area contributed by atoms with E-state index in [-0.39, 0.29) is 5.56 Å². The second kappa shape index (κ2) is 2.85. The summed E-state index contributed by atoms with van der Waals surface area (Å²) in [6.45, 7) is 0. The Labute approximate surface area is 81.7 Å². The van der Waals surface area contributed by atoms with E-state index in [9.17, 15) is 4.79 Å². The third-order valence-electron chi connectivity index (χ3n) is 1.75. The lowest BCUT2D eigenvalue weighted by molar-refractivity contribution is 0.0697. The van der Waals surface area contributed by atoms with Crippen LogP contribution in [0, 0.1) is 0 Å². The number of carboxylic acid groups (broad SMARTS) is 1. The molecule has 0 spiro atoms. The number of carbonyl (C=O) groups is 1. The minimum absolute atomic E-state index is 0.251. The van der Waals surface area contributed by atoms with Crippen LogP contribution in [0.3, 0.4) is 0 Å². The third kappa shape index (κ3) is 1.31. The van der Waals surface area contributed by atoms with Crippen molar-refractivity contribution in [3.05, 3.63) is 28.4 Å². The lowest BCUT2D eigenvalue weighted by Gasteiger charge is -1.96. The molecule has 1 aromatic heterocycles. The second-order valence-corrected chi connectivity index (χ2v) is 3.45. The van der Waals surface area contributed by atoms with Gasteiger partial charge in [0.05, 0.1) is 17.3 Å². The van der Waals surface area contributed by atoms with Gasteiger partial charge in [0, 0.05) is 9.86 Å². The molecule has 13 heavy (non-hydrogen) atoms. The summed E-state index contributed by atoms with van der Waals surface area (Å²) in [5.74, 6) is -0.941. The molecule has 2 aromatic rings. The number of rotatable bonds is 1. The fraction of sp³-hybridized carbons (Fsp3) is 0. The van der Waals surface area contributed by atoms with Crippen LogP contribution >= 0.6 is 15.9 Å². The van der Waals surface area contributed by atoms with Crippen LogP contribution in [0.5, 0.6) is 0 Å². The summed E-state index contributed by atoms with van der Waals surface area (Å²) < 4.78 is 0.708. The number of fused-ring (bicyclic) bond motifs is 1. The molecule has 66 valence electrons. The first kappa shape index (κ1) is 8.25. The molecule has 0 fully saturated rings. The Kier molecular flexibility index (Phi) is 1.81. The highest BCUT2D eigenvalue weighted by atomic mass is 79.9. The van der Waals surface area contributed by atoms with Crippen molar-refractivity contribution in [2.75, 3.05) is 0 Å². The minimum Gasteiger partial charge on any atom is -0.478 e. The molecule has 1 aromatic carbocycles. The highest BCUT2D eigenvalue weighted by molar-refractivity contribution is 9.10. The molecule has 4 nitrogen and oxygen atoms in total. The number of hydrogen-bond acceptors (Lipinski definition) is 2. The Balaban J connectivity index is 2.77. The first-order valence-electron chi connectivity index (χ1n) is 3.54. The van der Waals surface area contributed by atoms with Crippen molar-refractivity contribution in [2.45, 2.75) is 0 Å². The summed E-state index contributed by atoms with van der Waals surface area (Å²) in [6.07, 6.45) is 1.59. The fourth-order valence-corrected chi connectivity index (χ4v) is 1.70. The Morgan fingerprint density at radius 3 is 3.00 bits per heavy atom. The lowest BCUT2D eigenvalue weighted by Crippen LogP contribution is -1.95. The molecular formula is C8H5BrN2O2. The van der Waals surface area contributed by atoms with Crippen LogP contribution in [-0.4, -0.2) is 21.3 Å². The highest BCUT2D eigenvalue weighted by Crippen LogP contribution is 2.23. The number of nitrogens with one attached hydrogen (secondary N) is 1. The van der Waals surface area contributed by atoms with Gasteiger partial charge in [-0.05, 0) is 28.1 Å². The van der Waals surface area contributed by atoms with Gasteiger partial charge in [-0.2, -0.15) is 5.10 Å². The van der Waals surface area contributed by atoms with Gasteiger partial charge in [0.1, 0.15) is 0 Å². The van der Waals surface area contributed by atoms with Gasteiger partial charge in [0.25, 0.3) is 0 Å². The van der Waals surface area contributed by atoms with E-state index in [1.165, 1.54) is 0 Å². The molecule has 0 amide bonds. The summed E-state index contributed by atoms with van der Waals surface area (Å²) in [5, 5.41) is 16.1. The largest absolute Gasteiger partial charge is 0.478 e. The van der Waals surface area contributed by atoms with E-state index in [1.54, 1.807) is 18.3 Å². The van der Waals surface area contributed by atoms with Crippen LogP contribution in [0.2, 0.25) is 0 Å². The van der Waals surface area contributed by atoms with Gasteiger partial charge < -0.3 is 5.11 Å². The smallest absolute Gasteiger partial charge is 0.335 e. The molecular weight excluding hydrogens is 236 g/mol. The molecule has 0 atom stereocenters. The number of hydrogen-bond donors (Lipinski definition) is 2. The number of carboxylic acids is 1. The van der Waals surface area contributed by atoms with Crippen LogP contribution in [0.15, 0.2) is 22.8 Å². The number of benzene rings is 1. The Hall–Kier alpha value is -1.36. The standard InChI is InChI=1S/C8H5BrN2O2/c9-6-2-4(8(12)13)1-5-3-10-11-7(5)6/h1-3H,(H,10,11)(H,12,13). The number of aromatic amines is 1. The molecule has 2 N–H and O–H groups in total. The quantitative estimate of drug-likeness (QED) is 0.802. The van der Waals surface area contributed by atoms with E-state index in [1.807, 2.05) is 0 Å². The van der Waals surface area contributed by atoms with Crippen molar-refractivity contribution >= 4 is 32.8 Å². The topological polar surface area (TPSA) is 66.0 Å². The number of nitrogens with zero attached hydrogens (tertiary/aromatic N) is 1. The maximum absolute atomic E-state index is 10.7. The van der Waals surface area contributed by atoms with Crippen LogP contribution in [-0.2, 0) is 0 Å². The number of aromatic carboxylic acids is 1. The van der Waals surface area contributed by atoms with E-state index in [0.29, 0.717) is 4.47 Å². The molecule has 2 rings (SSSR count). The van der Waals surface area contributed by atoms with E-state index in [0.717, 1.165) is 10.9 Å². The third-order valence-corrected chi connectivity index (χ3v) is 2.37. The molecule has 0 aliphatic heterocycles. The summed E-state index contributed by atoms with van der Waals surface area (Å²) in [6, 6.07) is 3.12. The molecule has 0 saturated carbocycles. The van der Waals surface area contributed by atoms with Crippen molar-refractivity contribution in [1.82, 2.24) is 10.2 Å². The predicted molar refractivity (Wildman–Crippen MR) is 50.8 cm³/mol. The number of halogens is 1. The zero-order chi connectivity index (χ0) is 9.42. The molecule has 5 heteroatoms. The maximum atomic E-state index is 10.7. The van der Waals surface area contributed by atoms with E-state index in [2.05, 4.69) is 26.1 Å². The molecule has 0 aliphatic rings. The van der Waals surface area contributed by atoms with Crippen molar-refractivity contribution in [2.24, 2.45) is 0 Å². The van der Waals surface area contributed by atoms with Crippen LogP contribution in [0.4, 0.5) is 0 Å². The molecule has 0 saturated heterocycles. The summed E-state index contributed by atoms with van der Waals surface area (Å²) in [5.41, 5.74) is 1.06. The summed E-state index contributed by atoms with van der Waals surface area (Å²) in [7, 11) is 0. The number of H-pyrrole nitrogens is 1.